The van der Waals surface area contributed by atoms with Crippen LogP contribution in [-0.4, -0.2) is 33.0 Å². The molecule has 7 nitrogen and oxygen atoms in total. The van der Waals surface area contributed by atoms with Crippen LogP contribution in [0.25, 0.3) is 0 Å². The predicted octanol–water partition coefficient (Wildman–Crippen LogP) is 5.67. The van der Waals surface area contributed by atoms with E-state index in [1.165, 1.54) is 17.1 Å². The van der Waals surface area contributed by atoms with Gasteiger partial charge in [-0.15, -0.1) is 0 Å². The van der Waals surface area contributed by atoms with Crippen LogP contribution in [0.2, 0.25) is 10.0 Å². The van der Waals surface area contributed by atoms with Crippen LogP contribution >= 0.6 is 23.2 Å². The normalized spacial score (nSPS) is 16.9. The van der Waals surface area contributed by atoms with Crippen molar-refractivity contribution >= 4 is 40.5 Å². The SMILES string of the molecule is C/C(=N/N1C(=O)CN(Cc2ccccc2)[C@@H]1c1cccc(Cl)c1Cl)c1ccc([N+](=O)[O-])cc1. The molecule has 0 aromatic heterocycles. The zero-order valence-corrected chi connectivity index (χ0v) is 19.2. The predicted molar refractivity (Wildman–Crippen MR) is 128 cm³/mol. The van der Waals surface area contributed by atoms with E-state index in [-0.39, 0.29) is 18.1 Å². The molecule has 168 valence electrons. The summed E-state index contributed by atoms with van der Waals surface area (Å²) in [7, 11) is 0. The van der Waals surface area contributed by atoms with E-state index in [1.54, 1.807) is 31.2 Å². The van der Waals surface area contributed by atoms with Crippen molar-refractivity contribution in [3.63, 3.8) is 0 Å². The molecule has 0 N–H and O–H groups in total. The number of rotatable bonds is 6. The molecule has 1 amide bonds. The van der Waals surface area contributed by atoms with E-state index in [4.69, 9.17) is 23.2 Å². The Labute approximate surface area is 201 Å². The first-order chi connectivity index (χ1) is 15.8. The van der Waals surface area contributed by atoms with Gasteiger partial charge in [-0.3, -0.25) is 19.8 Å². The maximum Gasteiger partial charge on any atom is 0.269 e. The molecule has 3 aromatic carbocycles. The molecular formula is C24H20Cl2N4O3. The number of carbonyl (C=O) groups excluding carboxylic acids is 1. The van der Waals surface area contributed by atoms with Crippen LogP contribution in [0.1, 0.15) is 29.8 Å². The molecule has 0 bridgehead atoms. The summed E-state index contributed by atoms with van der Waals surface area (Å²) < 4.78 is 0. The molecule has 9 heteroatoms. The molecular weight excluding hydrogens is 463 g/mol. The number of nitrogens with zero attached hydrogens (tertiary/aromatic N) is 4. The molecule has 4 rings (SSSR count). The van der Waals surface area contributed by atoms with Gasteiger partial charge in [0.1, 0.15) is 6.17 Å². The lowest BCUT2D eigenvalue weighted by molar-refractivity contribution is -0.384. The number of amides is 1. The van der Waals surface area contributed by atoms with Gasteiger partial charge < -0.3 is 0 Å². The van der Waals surface area contributed by atoms with E-state index in [1.807, 2.05) is 41.3 Å². The minimum absolute atomic E-state index is 0.0126. The van der Waals surface area contributed by atoms with Crippen molar-refractivity contribution in [2.75, 3.05) is 6.54 Å². The Bertz CT molecular complexity index is 1220. The highest BCUT2D eigenvalue weighted by Gasteiger charge is 2.40. The minimum Gasteiger partial charge on any atom is -0.271 e. The second-order valence-corrected chi connectivity index (χ2v) is 8.42. The summed E-state index contributed by atoms with van der Waals surface area (Å²) in [5, 5.41) is 17.7. The fraction of sp³-hybridized carbons (Fsp3) is 0.167. The van der Waals surface area contributed by atoms with E-state index >= 15 is 0 Å². The Balaban J connectivity index is 1.72. The summed E-state index contributed by atoms with van der Waals surface area (Å²) in [5.41, 5.74) is 2.92. The topological polar surface area (TPSA) is 79.0 Å². The fourth-order valence-electron chi connectivity index (χ4n) is 3.79. The molecule has 1 aliphatic rings. The van der Waals surface area contributed by atoms with Crippen molar-refractivity contribution in [3.05, 3.63) is 110 Å². The maximum absolute atomic E-state index is 13.1. The highest BCUT2D eigenvalue weighted by Crippen LogP contribution is 2.39. The van der Waals surface area contributed by atoms with Gasteiger partial charge in [-0.2, -0.15) is 5.10 Å². The molecule has 1 heterocycles. The van der Waals surface area contributed by atoms with Crippen LogP contribution in [0.5, 0.6) is 0 Å². The largest absolute Gasteiger partial charge is 0.271 e. The number of nitro benzene ring substituents is 1. The Morgan fingerprint density at radius 2 is 1.76 bits per heavy atom. The van der Waals surface area contributed by atoms with Crippen LogP contribution in [0, 0.1) is 10.1 Å². The standard InChI is InChI=1S/C24H20Cl2N4O3/c1-16(18-10-12-19(13-11-18)30(32)33)27-29-22(31)15-28(14-17-6-3-2-4-7-17)24(29)20-8-5-9-21(25)23(20)26/h2-13,24H,14-15H2,1H3/b27-16-/t24-/m0/s1. The molecule has 0 unspecified atom stereocenters. The Kier molecular flexibility index (Phi) is 6.74. The van der Waals surface area contributed by atoms with Gasteiger partial charge in [-0.05, 0) is 36.2 Å². The van der Waals surface area contributed by atoms with Gasteiger partial charge in [0.2, 0.25) is 0 Å². The van der Waals surface area contributed by atoms with E-state index in [0.717, 1.165) is 5.56 Å². The van der Waals surface area contributed by atoms with Gasteiger partial charge >= 0.3 is 0 Å². The average Bonchev–Trinajstić information content (AvgIpc) is 3.10. The lowest BCUT2D eigenvalue weighted by Gasteiger charge is -2.28. The van der Waals surface area contributed by atoms with Crippen molar-refractivity contribution < 1.29 is 9.72 Å². The van der Waals surface area contributed by atoms with Crippen molar-refractivity contribution in [2.24, 2.45) is 5.10 Å². The minimum atomic E-state index is -0.558. The third kappa shape index (κ3) is 4.90. The van der Waals surface area contributed by atoms with E-state index in [9.17, 15) is 14.9 Å². The number of halogens is 2. The van der Waals surface area contributed by atoms with Crippen LogP contribution in [0.3, 0.4) is 0 Å². The number of hydrazone groups is 1. The maximum atomic E-state index is 13.1. The van der Waals surface area contributed by atoms with Crippen molar-refractivity contribution in [1.82, 2.24) is 9.91 Å². The lowest BCUT2D eigenvalue weighted by Crippen LogP contribution is -2.29. The smallest absolute Gasteiger partial charge is 0.269 e. The highest BCUT2D eigenvalue weighted by molar-refractivity contribution is 6.42. The van der Waals surface area contributed by atoms with Crippen LogP contribution < -0.4 is 0 Å². The average molecular weight is 483 g/mol. The summed E-state index contributed by atoms with van der Waals surface area (Å²) in [6.07, 6.45) is -0.558. The number of benzene rings is 3. The summed E-state index contributed by atoms with van der Waals surface area (Å²) in [4.78, 5) is 25.5. The zero-order valence-electron chi connectivity index (χ0n) is 17.7. The third-order valence-corrected chi connectivity index (χ3v) is 6.25. The van der Waals surface area contributed by atoms with Gasteiger partial charge in [0.05, 0.1) is 27.2 Å². The molecule has 0 aliphatic carbocycles. The number of non-ortho nitro benzene ring substituents is 1. The second kappa shape index (κ2) is 9.70. The molecule has 0 radical (unpaired) electrons. The van der Waals surface area contributed by atoms with Crippen LogP contribution in [-0.2, 0) is 11.3 Å². The lowest BCUT2D eigenvalue weighted by atomic mass is 10.1. The number of hydrogen-bond acceptors (Lipinski definition) is 5. The first-order valence-corrected chi connectivity index (χ1v) is 10.9. The van der Waals surface area contributed by atoms with Crippen molar-refractivity contribution in [1.29, 1.82) is 0 Å². The van der Waals surface area contributed by atoms with Gasteiger partial charge in [-0.1, -0.05) is 65.7 Å². The molecule has 1 saturated heterocycles. The number of hydrogen-bond donors (Lipinski definition) is 0. The van der Waals surface area contributed by atoms with E-state index < -0.39 is 11.1 Å². The molecule has 1 atom stereocenters. The van der Waals surface area contributed by atoms with E-state index in [0.29, 0.717) is 33.4 Å². The highest BCUT2D eigenvalue weighted by atomic mass is 35.5. The second-order valence-electron chi connectivity index (χ2n) is 7.63. The van der Waals surface area contributed by atoms with Crippen molar-refractivity contribution in [3.8, 4) is 0 Å². The van der Waals surface area contributed by atoms with Crippen LogP contribution in [0.15, 0.2) is 77.9 Å². The molecule has 3 aromatic rings. The first kappa shape index (κ1) is 22.9. The Morgan fingerprint density at radius 1 is 1.06 bits per heavy atom. The van der Waals surface area contributed by atoms with Gasteiger partial charge in [0.15, 0.2) is 0 Å². The molecule has 33 heavy (non-hydrogen) atoms. The van der Waals surface area contributed by atoms with Gasteiger partial charge in [0, 0.05) is 24.2 Å². The number of carbonyl (C=O) groups is 1. The monoisotopic (exact) mass is 482 g/mol. The summed E-state index contributed by atoms with van der Waals surface area (Å²) in [5.74, 6) is -0.187. The van der Waals surface area contributed by atoms with Gasteiger partial charge in [-0.25, -0.2) is 5.01 Å². The van der Waals surface area contributed by atoms with E-state index in [2.05, 4.69) is 5.10 Å². The Hall–Kier alpha value is -3.26. The number of nitro groups is 1. The molecule has 1 fully saturated rings. The third-order valence-electron chi connectivity index (χ3n) is 5.41. The summed E-state index contributed by atoms with van der Waals surface area (Å²) in [6.45, 7) is 2.42. The molecule has 0 saturated carbocycles. The van der Waals surface area contributed by atoms with Crippen LogP contribution in [0.4, 0.5) is 5.69 Å². The summed E-state index contributed by atoms with van der Waals surface area (Å²) in [6, 6.07) is 21.2. The molecule has 0 spiro atoms. The summed E-state index contributed by atoms with van der Waals surface area (Å²) >= 11 is 12.8. The first-order valence-electron chi connectivity index (χ1n) is 10.2. The molecule has 1 aliphatic heterocycles. The Morgan fingerprint density at radius 3 is 2.42 bits per heavy atom. The zero-order chi connectivity index (χ0) is 23.5. The van der Waals surface area contributed by atoms with Gasteiger partial charge in [0.25, 0.3) is 11.6 Å². The quantitative estimate of drug-likeness (QED) is 0.257. The van der Waals surface area contributed by atoms with Crippen molar-refractivity contribution in [2.45, 2.75) is 19.6 Å². The fourth-order valence-corrected chi connectivity index (χ4v) is 4.19.